The lowest BCUT2D eigenvalue weighted by Gasteiger charge is -2.42. The highest BCUT2D eigenvalue weighted by molar-refractivity contribution is 5.91. The van der Waals surface area contributed by atoms with E-state index in [0.717, 1.165) is 0 Å². The number of ether oxygens (including phenoxy) is 4. The van der Waals surface area contributed by atoms with Gasteiger partial charge in [0, 0.05) is 11.8 Å². The van der Waals surface area contributed by atoms with Gasteiger partial charge in [0.15, 0.2) is 6.29 Å². The van der Waals surface area contributed by atoms with Crippen molar-refractivity contribution in [1.29, 1.82) is 0 Å². The Hall–Kier alpha value is -1.23. The van der Waals surface area contributed by atoms with Crippen molar-refractivity contribution in [2.45, 2.75) is 56.4 Å². The quantitative estimate of drug-likeness (QED) is 0.433. The largest absolute Gasteiger partial charge is 0.472 e. The van der Waals surface area contributed by atoms with Crippen LogP contribution in [-0.2, 0) is 23.7 Å². The van der Waals surface area contributed by atoms with Gasteiger partial charge in [0.05, 0.1) is 18.4 Å². The molecule has 3 fully saturated rings. The molecule has 0 aromatic carbocycles. The van der Waals surface area contributed by atoms with Crippen LogP contribution in [0.5, 0.6) is 0 Å². The first kappa shape index (κ1) is 17.2. The molecule has 0 spiro atoms. The fourth-order valence-corrected chi connectivity index (χ4v) is 4.37. The van der Waals surface area contributed by atoms with Crippen LogP contribution in [0.1, 0.15) is 13.3 Å². The summed E-state index contributed by atoms with van der Waals surface area (Å²) in [6.45, 7) is 1.47. The van der Waals surface area contributed by atoms with E-state index in [-0.39, 0.29) is 29.8 Å². The van der Waals surface area contributed by atoms with Crippen molar-refractivity contribution < 1.29 is 44.2 Å². The molecule has 0 amide bonds. The van der Waals surface area contributed by atoms with Crippen LogP contribution in [-0.4, -0.2) is 76.1 Å². The van der Waals surface area contributed by atoms with E-state index in [9.17, 15) is 25.2 Å². The van der Waals surface area contributed by atoms with Crippen molar-refractivity contribution in [1.82, 2.24) is 0 Å². The number of carbonyl (C=O) groups excluding carboxylic acids is 1. The van der Waals surface area contributed by atoms with Crippen LogP contribution < -0.4 is 0 Å². The van der Waals surface area contributed by atoms with E-state index in [1.165, 1.54) is 6.26 Å². The summed E-state index contributed by atoms with van der Waals surface area (Å²) in [5.41, 5.74) is 0.494. The number of hydrogen-bond donors (Lipinski definition) is 4. The van der Waals surface area contributed by atoms with Crippen molar-refractivity contribution in [2.75, 3.05) is 6.61 Å². The monoisotopic (exact) mass is 358 g/mol. The Labute approximate surface area is 143 Å². The normalized spacial score (nSPS) is 51.6. The van der Waals surface area contributed by atoms with Crippen LogP contribution in [0.2, 0.25) is 0 Å². The van der Waals surface area contributed by atoms with Gasteiger partial charge in [-0.25, -0.2) is 4.79 Å². The highest BCUT2D eigenvalue weighted by Gasteiger charge is 2.58. The molecular formula is C16H22O9. The minimum Gasteiger partial charge on any atom is -0.472 e. The van der Waals surface area contributed by atoms with Gasteiger partial charge >= 0.3 is 5.97 Å². The molecule has 25 heavy (non-hydrogen) atoms. The highest BCUT2D eigenvalue weighted by atomic mass is 16.8. The van der Waals surface area contributed by atoms with Gasteiger partial charge < -0.3 is 39.4 Å². The molecule has 0 bridgehead atoms. The minimum atomic E-state index is -1.52. The SMILES string of the molecule is C[C@H]1C[C@@H]2OC(=O)C3=CO[C@@H](O[C@@H]4O[C@H](CO)[C@@H](O)[C@H](O)[C@@H]4O)[C@H]1[C@@H]32. The first-order valence-corrected chi connectivity index (χ1v) is 8.45. The molecule has 3 aliphatic heterocycles. The van der Waals surface area contributed by atoms with Crippen molar-refractivity contribution in [3.8, 4) is 0 Å². The smallest absolute Gasteiger partial charge is 0.337 e. The Morgan fingerprint density at radius 3 is 2.68 bits per heavy atom. The topological polar surface area (TPSA) is 135 Å². The molecule has 140 valence electrons. The lowest BCUT2D eigenvalue weighted by Crippen LogP contribution is -2.60. The molecular weight excluding hydrogens is 336 g/mol. The zero-order valence-electron chi connectivity index (χ0n) is 13.6. The van der Waals surface area contributed by atoms with Crippen LogP contribution in [0.4, 0.5) is 0 Å². The van der Waals surface area contributed by atoms with Crippen LogP contribution in [0.3, 0.4) is 0 Å². The molecule has 9 heteroatoms. The van der Waals surface area contributed by atoms with Gasteiger partial charge in [-0.1, -0.05) is 6.92 Å². The summed E-state index contributed by atoms with van der Waals surface area (Å²) in [6.07, 6.45) is -5.78. The highest BCUT2D eigenvalue weighted by Crippen LogP contribution is 2.52. The number of rotatable bonds is 3. The predicted molar refractivity (Wildman–Crippen MR) is 78.4 cm³/mol. The number of hydrogen-bond acceptors (Lipinski definition) is 9. The molecule has 0 aromatic rings. The summed E-state index contributed by atoms with van der Waals surface area (Å²) >= 11 is 0. The maximum absolute atomic E-state index is 11.9. The van der Waals surface area contributed by atoms with Gasteiger partial charge in [0.2, 0.25) is 6.29 Å². The standard InChI is InChI=1S/C16H22O9/c1-5-2-7-10-6(14(21)23-7)4-22-15(9(5)10)25-16-13(20)12(19)11(18)8(3-17)24-16/h4-5,7-13,15-20H,2-3H2,1H3/t5-,7-,8+,9+,10-,11+,12-,13-,15-,16-/m0/s1. The third kappa shape index (κ3) is 2.57. The summed E-state index contributed by atoms with van der Waals surface area (Å²) in [4.78, 5) is 11.9. The van der Waals surface area contributed by atoms with E-state index in [0.29, 0.717) is 12.0 Å². The van der Waals surface area contributed by atoms with Crippen molar-refractivity contribution in [3.05, 3.63) is 11.8 Å². The van der Waals surface area contributed by atoms with Gasteiger partial charge in [-0.05, 0) is 12.3 Å². The lowest BCUT2D eigenvalue weighted by atomic mass is 9.84. The van der Waals surface area contributed by atoms with E-state index in [2.05, 4.69) is 0 Å². The minimum absolute atomic E-state index is 0.133. The number of aliphatic hydroxyl groups is 4. The average molecular weight is 358 g/mol. The summed E-state index contributed by atoms with van der Waals surface area (Å²) in [5.74, 6) is -0.519. The van der Waals surface area contributed by atoms with E-state index >= 15 is 0 Å². The summed E-state index contributed by atoms with van der Waals surface area (Å²) in [7, 11) is 0. The van der Waals surface area contributed by atoms with Crippen molar-refractivity contribution >= 4 is 5.97 Å². The average Bonchev–Trinajstić information content (AvgIpc) is 3.08. The van der Waals surface area contributed by atoms with Gasteiger partial charge in [-0.2, -0.15) is 0 Å². The Kier molecular flexibility index (Phi) is 4.25. The third-order valence-corrected chi connectivity index (χ3v) is 5.69. The Bertz CT molecular complexity index is 576. The molecule has 0 unspecified atom stereocenters. The molecule has 9 nitrogen and oxygen atoms in total. The molecule has 4 N–H and O–H groups in total. The van der Waals surface area contributed by atoms with E-state index < -0.39 is 43.6 Å². The summed E-state index contributed by atoms with van der Waals surface area (Å²) in [5, 5.41) is 39.1. The van der Waals surface area contributed by atoms with Crippen LogP contribution in [0.15, 0.2) is 11.8 Å². The van der Waals surface area contributed by atoms with Crippen molar-refractivity contribution in [2.24, 2.45) is 17.8 Å². The predicted octanol–water partition coefficient (Wildman–Crippen LogP) is -1.76. The number of esters is 1. The van der Waals surface area contributed by atoms with Crippen LogP contribution >= 0.6 is 0 Å². The second-order valence-electron chi connectivity index (χ2n) is 7.17. The van der Waals surface area contributed by atoms with E-state index in [1.807, 2.05) is 6.92 Å². The van der Waals surface area contributed by atoms with E-state index in [1.54, 1.807) is 0 Å². The molecule has 1 aliphatic carbocycles. The summed E-state index contributed by atoms with van der Waals surface area (Å²) < 4.78 is 22.1. The molecule has 4 aliphatic rings. The zero-order valence-corrected chi connectivity index (χ0v) is 13.6. The fraction of sp³-hybridized carbons (Fsp3) is 0.812. The number of carbonyl (C=O) groups is 1. The molecule has 1 saturated carbocycles. The number of aliphatic hydroxyl groups excluding tert-OH is 4. The Morgan fingerprint density at radius 2 is 1.96 bits per heavy atom. The van der Waals surface area contributed by atoms with Crippen molar-refractivity contribution in [3.63, 3.8) is 0 Å². The molecule has 3 heterocycles. The van der Waals surface area contributed by atoms with Crippen LogP contribution in [0.25, 0.3) is 0 Å². The maximum Gasteiger partial charge on any atom is 0.337 e. The molecule has 2 saturated heterocycles. The third-order valence-electron chi connectivity index (χ3n) is 5.69. The van der Waals surface area contributed by atoms with E-state index in [4.69, 9.17) is 18.9 Å². The molecule has 0 radical (unpaired) electrons. The second-order valence-corrected chi connectivity index (χ2v) is 7.17. The Morgan fingerprint density at radius 1 is 1.20 bits per heavy atom. The second kappa shape index (κ2) is 6.19. The van der Waals surface area contributed by atoms with Gasteiger partial charge in [0.1, 0.15) is 30.5 Å². The maximum atomic E-state index is 11.9. The first-order valence-electron chi connectivity index (χ1n) is 8.45. The molecule has 4 rings (SSSR count). The zero-order chi connectivity index (χ0) is 17.9. The first-order chi connectivity index (χ1) is 11.9. The van der Waals surface area contributed by atoms with Crippen LogP contribution in [0, 0.1) is 17.8 Å². The lowest BCUT2D eigenvalue weighted by molar-refractivity contribution is -0.342. The fourth-order valence-electron chi connectivity index (χ4n) is 4.37. The Balaban J connectivity index is 1.53. The molecule has 0 aromatic heterocycles. The summed E-state index contributed by atoms with van der Waals surface area (Å²) in [6, 6.07) is 0. The molecule has 10 atom stereocenters. The van der Waals surface area contributed by atoms with Gasteiger partial charge in [0.25, 0.3) is 0 Å². The van der Waals surface area contributed by atoms with Gasteiger partial charge in [-0.3, -0.25) is 0 Å². The van der Waals surface area contributed by atoms with Gasteiger partial charge in [-0.15, -0.1) is 0 Å².